The number of aryl methyl sites for hydroxylation is 1. The Balaban J connectivity index is 2.01. The SMILES string of the molecule is Cc1c(/C=C/C(=O)N2CCCCC2)c(=O)oc2c(C=O)c(O)ccc12. The van der Waals surface area contributed by atoms with Crippen LogP contribution in [0.4, 0.5) is 0 Å². The predicted octanol–water partition coefficient (Wildman–Crippen LogP) is 2.65. The average molecular weight is 341 g/mol. The predicted molar refractivity (Wildman–Crippen MR) is 93.7 cm³/mol. The van der Waals surface area contributed by atoms with Gasteiger partial charge in [0.15, 0.2) is 11.9 Å². The highest BCUT2D eigenvalue weighted by molar-refractivity contribution is 5.99. The third-order valence-electron chi connectivity index (χ3n) is 4.57. The minimum atomic E-state index is -0.651. The Morgan fingerprint density at radius 3 is 2.60 bits per heavy atom. The van der Waals surface area contributed by atoms with Crippen LogP contribution >= 0.6 is 0 Å². The van der Waals surface area contributed by atoms with Gasteiger partial charge in [-0.05, 0) is 50.0 Å². The van der Waals surface area contributed by atoms with E-state index in [1.807, 2.05) is 0 Å². The van der Waals surface area contributed by atoms with E-state index in [0.29, 0.717) is 17.2 Å². The number of hydrogen-bond donors (Lipinski definition) is 1. The third-order valence-corrected chi connectivity index (χ3v) is 4.57. The fourth-order valence-corrected chi connectivity index (χ4v) is 3.12. The largest absolute Gasteiger partial charge is 0.507 e. The second-order valence-electron chi connectivity index (χ2n) is 6.14. The molecule has 1 aromatic heterocycles. The molecule has 25 heavy (non-hydrogen) atoms. The Kier molecular flexibility index (Phi) is 4.70. The molecule has 1 N–H and O–H groups in total. The van der Waals surface area contributed by atoms with Gasteiger partial charge in [-0.2, -0.15) is 0 Å². The topological polar surface area (TPSA) is 87.8 Å². The van der Waals surface area contributed by atoms with Gasteiger partial charge in [0, 0.05) is 24.6 Å². The summed E-state index contributed by atoms with van der Waals surface area (Å²) in [4.78, 5) is 37.4. The average Bonchev–Trinajstić information content (AvgIpc) is 2.62. The first kappa shape index (κ1) is 17.0. The van der Waals surface area contributed by atoms with Crippen LogP contribution in [0.3, 0.4) is 0 Å². The number of carbonyl (C=O) groups is 2. The molecule has 1 fully saturated rings. The fraction of sp³-hybridized carbons (Fsp3) is 0.316. The Bertz CT molecular complexity index is 920. The molecule has 0 radical (unpaired) electrons. The monoisotopic (exact) mass is 341 g/mol. The van der Waals surface area contributed by atoms with Gasteiger partial charge in [0.25, 0.3) is 0 Å². The number of carbonyl (C=O) groups excluding carboxylic acids is 2. The number of fused-ring (bicyclic) bond motifs is 1. The molecule has 1 saturated heterocycles. The summed E-state index contributed by atoms with van der Waals surface area (Å²) in [6.07, 6.45) is 6.42. The summed E-state index contributed by atoms with van der Waals surface area (Å²) in [6, 6.07) is 2.96. The van der Waals surface area contributed by atoms with Crippen LogP contribution in [0.25, 0.3) is 17.0 Å². The summed E-state index contributed by atoms with van der Waals surface area (Å²) < 4.78 is 5.23. The number of benzene rings is 1. The number of aromatic hydroxyl groups is 1. The summed E-state index contributed by atoms with van der Waals surface area (Å²) in [5.41, 5.74) is 0.202. The van der Waals surface area contributed by atoms with Crippen LogP contribution in [0, 0.1) is 6.92 Å². The molecule has 2 heterocycles. The number of rotatable bonds is 3. The first-order valence-electron chi connectivity index (χ1n) is 8.24. The first-order chi connectivity index (χ1) is 12.0. The van der Waals surface area contributed by atoms with Gasteiger partial charge in [-0.15, -0.1) is 0 Å². The maximum absolute atomic E-state index is 12.3. The van der Waals surface area contributed by atoms with Gasteiger partial charge in [0.2, 0.25) is 5.91 Å². The molecule has 6 heteroatoms. The van der Waals surface area contributed by atoms with E-state index < -0.39 is 5.63 Å². The summed E-state index contributed by atoms with van der Waals surface area (Å²) in [5, 5.41) is 10.3. The highest BCUT2D eigenvalue weighted by atomic mass is 16.4. The number of piperidine rings is 1. The summed E-state index contributed by atoms with van der Waals surface area (Å²) in [6.45, 7) is 3.18. The van der Waals surface area contributed by atoms with E-state index in [1.54, 1.807) is 17.9 Å². The van der Waals surface area contributed by atoms with Crippen molar-refractivity contribution in [2.45, 2.75) is 26.2 Å². The van der Waals surface area contributed by atoms with E-state index in [4.69, 9.17) is 4.42 Å². The molecule has 0 atom stereocenters. The van der Waals surface area contributed by atoms with Gasteiger partial charge < -0.3 is 14.4 Å². The van der Waals surface area contributed by atoms with Crippen molar-refractivity contribution in [3.63, 3.8) is 0 Å². The Labute approximate surface area is 144 Å². The Morgan fingerprint density at radius 1 is 1.20 bits per heavy atom. The van der Waals surface area contributed by atoms with E-state index in [1.165, 1.54) is 18.2 Å². The van der Waals surface area contributed by atoms with Gasteiger partial charge >= 0.3 is 5.63 Å². The molecular weight excluding hydrogens is 322 g/mol. The molecule has 0 unspecified atom stereocenters. The van der Waals surface area contributed by atoms with Crippen molar-refractivity contribution < 1.29 is 19.1 Å². The number of aldehydes is 1. The van der Waals surface area contributed by atoms with Crippen molar-refractivity contribution in [1.82, 2.24) is 4.90 Å². The number of amides is 1. The van der Waals surface area contributed by atoms with Gasteiger partial charge in [-0.25, -0.2) is 4.79 Å². The maximum atomic E-state index is 12.3. The number of phenolic OH excluding ortho intramolecular Hbond substituents is 1. The van der Waals surface area contributed by atoms with Crippen LogP contribution in [0.1, 0.15) is 40.7 Å². The van der Waals surface area contributed by atoms with E-state index in [2.05, 4.69) is 0 Å². The van der Waals surface area contributed by atoms with Crippen LogP contribution in [0.2, 0.25) is 0 Å². The van der Waals surface area contributed by atoms with E-state index in [-0.39, 0.29) is 28.4 Å². The molecule has 0 aliphatic carbocycles. The molecule has 0 saturated carbocycles. The summed E-state index contributed by atoms with van der Waals surface area (Å²) in [5.74, 6) is -0.369. The molecule has 1 aliphatic rings. The quantitative estimate of drug-likeness (QED) is 0.527. The van der Waals surface area contributed by atoms with E-state index in [9.17, 15) is 19.5 Å². The molecule has 1 aliphatic heterocycles. The van der Waals surface area contributed by atoms with Crippen molar-refractivity contribution in [2.75, 3.05) is 13.1 Å². The summed E-state index contributed by atoms with van der Waals surface area (Å²) in [7, 11) is 0. The van der Waals surface area contributed by atoms with Gasteiger partial charge in [-0.1, -0.05) is 0 Å². The van der Waals surface area contributed by atoms with E-state index >= 15 is 0 Å². The number of likely N-dealkylation sites (tertiary alicyclic amines) is 1. The minimum Gasteiger partial charge on any atom is -0.507 e. The van der Waals surface area contributed by atoms with Crippen molar-refractivity contribution in [3.8, 4) is 5.75 Å². The lowest BCUT2D eigenvalue weighted by Crippen LogP contribution is -2.34. The van der Waals surface area contributed by atoms with E-state index in [0.717, 1.165) is 32.4 Å². The zero-order valence-electron chi connectivity index (χ0n) is 13.9. The zero-order valence-corrected chi connectivity index (χ0v) is 13.9. The van der Waals surface area contributed by atoms with Crippen molar-refractivity contribution in [3.05, 3.63) is 45.3 Å². The molecule has 6 nitrogen and oxygen atoms in total. The number of phenols is 1. The van der Waals surface area contributed by atoms with Crippen molar-refractivity contribution in [2.24, 2.45) is 0 Å². The molecule has 1 aromatic carbocycles. The maximum Gasteiger partial charge on any atom is 0.343 e. The third kappa shape index (κ3) is 3.20. The molecule has 130 valence electrons. The zero-order chi connectivity index (χ0) is 18.0. The highest BCUT2D eigenvalue weighted by Crippen LogP contribution is 2.28. The molecule has 0 bridgehead atoms. The minimum absolute atomic E-state index is 0.0528. The number of hydrogen-bond acceptors (Lipinski definition) is 5. The summed E-state index contributed by atoms with van der Waals surface area (Å²) >= 11 is 0. The Hall–Kier alpha value is -2.89. The standard InChI is InChI=1S/C19H19NO5/c1-12-13-5-7-16(22)15(11-21)18(13)25-19(24)14(12)6-8-17(23)20-9-3-2-4-10-20/h5-8,11,22H,2-4,9-10H2,1H3/b8-6+. The molecule has 3 rings (SSSR count). The van der Waals surface area contributed by atoms with Gasteiger partial charge in [0.05, 0.1) is 11.1 Å². The lowest BCUT2D eigenvalue weighted by Gasteiger charge is -2.25. The highest BCUT2D eigenvalue weighted by Gasteiger charge is 2.17. The van der Waals surface area contributed by atoms with Gasteiger partial charge in [0.1, 0.15) is 5.75 Å². The van der Waals surface area contributed by atoms with Crippen LogP contribution in [0.5, 0.6) is 5.75 Å². The van der Waals surface area contributed by atoms with Crippen LogP contribution in [0.15, 0.2) is 27.4 Å². The smallest absolute Gasteiger partial charge is 0.343 e. The van der Waals surface area contributed by atoms with Crippen molar-refractivity contribution in [1.29, 1.82) is 0 Å². The lowest BCUT2D eigenvalue weighted by molar-refractivity contribution is -0.126. The van der Waals surface area contributed by atoms with Crippen LogP contribution in [-0.2, 0) is 4.79 Å². The molecule has 0 spiro atoms. The molecule has 1 amide bonds. The second kappa shape index (κ2) is 6.93. The Morgan fingerprint density at radius 2 is 1.92 bits per heavy atom. The van der Waals surface area contributed by atoms with Crippen molar-refractivity contribution >= 4 is 29.2 Å². The lowest BCUT2D eigenvalue weighted by atomic mass is 10.0. The second-order valence-corrected chi connectivity index (χ2v) is 6.14. The van der Waals surface area contributed by atoms with Crippen LogP contribution < -0.4 is 5.63 Å². The number of nitrogens with zero attached hydrogens (tertiary/aromatic N) is 1. The molecular formula is C19H19NO5. The van der Waals surface area contributed by atoms with Crippen LogP contribution in [-0.4, -0.2) is 35.3 Å². The van der Waals surface area contributed by atoms with Gasteiger partial charge in [-0.3, -0.25) is 9.59 Å². The molecule has 2 aromatic rings. The fourth-order valence-electron chi connectivity index (χ4n) is 3.12. The normalized spacial score (nSPS) is 15.0. The first-order valence-corrected chi connectivity index (χ1v) is 8.24.